The molecule has 0 saturated heterocycles. The molecule has 1 fully saturated rings. The average molecular weight is 277 g/mol. The first-order chi connectivity index (χ1) is 9.88. The lowest BCUT2D eigenvalue weighted by molar-refractivity contribution is 0.613. The molecule has 5 nitrogen and oxygen atoms in total. The molecule has 0 bridgehead atoms. The second kappa shape index (κ2) is 8.72. The van der Waals surface area contributed by atoms with Crippen LogP contribution in [0.5, 0.6) is 0 Å². The summed E-state index contributed by atoms with van der Waals surface area (Å²) in [5.41, 5.74) is 0. The number of hydrogen-bond acceptors (Lipinski definition) is 5. The van der Waals surface area contributed by atoms with Gasteiger partial charge >= 0.3 is 0 Å². The Balaban J connectivity index is 1.81. The van der Waals surface area contributed by atoms with Gasteiger partial charge in [0.05, 0.1) is 6.20 Å². The Hall–Kier alpha value is -1.39. The quantitative estimate of drug-likeness (QED) is 0.589. The molecule has 0 aliphatic heterocycles. The highest BCUT2D eigenvalue weighted by atomic mass is 15.3. The molecule has 2 rings (SSSR count). The van der Waals surface area contributed by atoms with E-state index in [1.165, 1.54) is 57.8 Å². The molecule has 1 heterocycles. The summed E-state index contributed by atoms with van der Waals surface area (Å²) in [6, 6.07) is 0.509. The maximum Gasteiger partial charge on any atom is 0.244 e. The standard InChI is InChI=1S/C15H27N5/c1-2-3-8-11-16-14-12-17-20-15(19-14)18-13-9-6-4-5-7-10-13/h12-13H,2-11H2,1H3,(H2,16,18,19,20). The van der Waals surface area contributed by atoms with Crippen molar-refractivity contribution in [2.45, 2.75) is 70.8 Å². The number of nitrogens with one attached hydrogen (secondary N) is 2. The highest BCUT2D eigenvalue weighted by Gasteiger charge is 2.13. The molecule has 0 aromatic carbocycles. The second-order valence-corrected chi connectivity index (χ2v) is 5.63. The molecule has 1 saturated carbocycles. The van der Waals surface area contributed by atoms with E-state index in [0.29, 0.717) is 12.0 Å². The lowest BCUT2D eigenvalue weighted by atomic mass is 10.1. The van der Waals surface area contributed by atoms with E-state index in [2.05, 4.69) is 32.7 Å². The van der Waals surface area contributed by atoms with E-state index in [0.717, 1.165) is 12.4 Å². The van der Waals surface area contributed by atoms with Crippen molar-refractivity contribution in [3.8, 4) is 0 Å². The topological polar surface area (TPSA) is 62.7 Å². The molecule has 0 spiro atoms. The van der Waals surface area contributed by atoms with Crippen molar-refractivity contribution in [1.29, 1.82) is 0 Å². The van der Waals surface area contributed by atoms with E-state index in [4.69, 9.17) is 0 Å². The van der Waals surface area contributed by atoms with E-state index in [1.54, 1.807) is 6.20 Å². The molecular weight excluding hydrogens is 250 g/mol. The van der Waals surface area contributed by atoms with E-state index in [9.17, 15) is 0 Å². The zero-order valence-corrected chi connectivity index (χ0v) is 12.6. The minimum atomic E-state index is 0.509. The molecule has 0 radical (unpaired) electrons. The number of anilines is 2. The molecule has 1 aromatic heterocycles. The van der Waals surface area contributed by atoms with Crippen molar-refractivity contribution >= 4 is 11.8 Å². The number of hydrogen-bond donors (Lipinski definition) is 2. The summed E-state index contributed by atoms with van der Waals surface area (Å²) in [6.45, 7) is 3.16. The minimum Gasteiger partial charge on any atom is -0.369 e. The summed E-state index contributed by atoms with van der Waals surface area (Å²) in [7, 11) is 0. The lowest BCUT2D eigenvalue weighted by Crippen LogP contribution is -2.20. The van der Waals surface area contributed by atoms with Gasteiger partial charge in [-0.2, -0.15) is 10.1 Å². The fourth-order valence-corrected chi connectivity index (χ4v) is 2.65. The van der Waals surface area contributed by atoms with Gasteiger partial charge in [-0.05, 0) is 19.3 Å². The normalized spacial score (nSPS) is 16.6. The average Bonchev–Trinajstić information content (AvgIpc) is 2.73. The van der Waals surface area contributed by atoms with Crippen LogP contribution in [0, 0.1) is 0 Å². The second-order valence-electron chi connectivity index (χ2n) is 5.63. The van der Waals surface area contributed by atoms with Crippen LogP contribution >= 0.6 is 0 Å². The van der Waals surface area contributed by atoms with Crippen LogP contribution in [-0.2, 0) is 0 Å². The monoisotopic (exact) mass is 277 g/mol. The largest absolute Gasteiger partial charge is 0.369 e. The van der Waals surface area contributed by atoms with E-state index in [-0.39, 0.29) is 0 Å². The predicted octanol–water partition coefficient (Wildman–Crippen LogP) is 3.61. The van der Waals surface area contributed by atoms with E-state index < -0.39 is 0 Å². The summed E-state index contributed by atoms with van der Waals surface area (Å²) in [5.74, 6) is 1.49. The Morgan fingerprint density at radius 3 is 2.70 bits per heavy atom. The molecule has 112 valence electrons. The third kappa shape index (κ3) is 5.31. The molecule has 1 aliphatic rings. The predicted molar refractivity (Wildman–Crippen MR) is 83.0 cm³/mol. The van der Waals surface area contributed by atoms with Gasteiger partial charge in [0.15, 0.2) is 0 Å². The Labute approximate surface area is 122 Å². The third-order valence-electron chi connectivity index (χ3n) is 3.83. The van der Waals surface area contributed by atoms with Crippen LogP contribution in [-0.4, -0.2) is 27.8 Å². The zero-order valence-electron chi connectivity index (χ0n) is 12.6. The van der Waals surface area contributed by atoms with Crippen LogP contribution in [0.4, 0.5) is 11.8 Å². The first-order valence-corrected chi connectivity index (χ1v) is 8.08. The Morgan fingerprint density at radius 2 is 1.95 bits per heavy atom. The van der Waals surface area contributed by atoms with Crippen molar-refractivity contribution in [2.75, 3.05) is 17.2 Å². The highest BCUT2D eigenvalue weighted by molar-refractivity contribution is 5.37. The molecule has 0 unspecified atom stereocenters. The van der Waals surface area contributed by atoms with Crippen molar-refractivity contribution in [2.24, 2.45) is 0 Å². The Bertz CT molecular complexity index is 374. The summed E-state index contributed by atoms with van der Waals surface area (Å²) >= 11 is 0. The van der Waals surface area contributed by atoms with Crippen molar-refractivity contribution in [3.05, 3.63) is 6.20 Å². The van der Waals surface area contributed by atoms with Gasteiger partial charge in [-0.15, -0.1) is 5.10 Å². The molecule has 1 aromatic rings. The molecular formula is C15H27N5. The number of aromatic nitrogens is 3. The first kappa shape index (κ1) is 15.0. The Kier molecular flexibility index (Phi) is 6.54. The fraction of sp³-hybridized carbons (Fsp3) is 0.800. The van der Waals surface area contributed by atoms with Crippen LogP contribution < -0.4 is 10.6 Å². The number of nitrogens with zero attached hydrogens (tertiary/aromatic N) is 3. The van der Waals surface area contributed by atoms with Gasteiger partial charge in [0, 0.05) is 12.6 Å². The number of unbranched alkanes of at least 4 members (excludes halogenated alkanes) is 2. The van der Waals surface area contributed by atoms with Gasteiger partial charge in [0.2, 0.25) is 5.95 Å². The van der Waals surface area contributed by atoms with Gasteiger partial charge in [-0.25, -0.2) is 0 Å². The molecule has 5 heteroatoms. The zero-order chi connectivity index (χ0) is 14.0. The molecule has 1 aliphatic carbocycles. The SMILES string of the molecule is CCCCCNc1cnnc(NC2CCCCCC2)n1. The summed E-state index contributed by atoms with van der Waals surface area (Å²) < 4.78 is 0. The fourth-order valence-electron chi connectivity index (χ4n) is 2.65. The molecule has 20 heavy (non-hydrogen) atoms. The van der Waals surface area contributed by atoms with Crippen LogP contribution in [0.3, 0.4) is 0 Å². The van der Waals surface area contributed by atoms with Gasteiger partial charge < -0.3 is 10.6 Å². The Morgan fingerprint density at radius 1 is 1.15 bits per heavy atom. The van der Waals surface area contributed by atoms with Crippen LogP contribution in [0.25, 0.3) is 0 Å². The van der Waals surface area contributed by atoms with Crippen LogP contribution in [0.1, 0.15) is 64.7 Å². The third-order valence-corrected chi connectivity index (χ3v) is 3.83. The molecule has 0 amide bonds. The lowest BCUT2D eigenvalue weighted by Gasteiger charge is -2.16. The van der Waals surface area contributed by atoms with Crippen molar-refractivity contribution in [1.82, 2.24) is 15.2 Å². The summed E-state index contributed by atoms with van der Waals surface area (Å²) in [4.78, 5) is 4.50. The summed E-state index contributed by atoms with van der Waals surface area (Å²) in [5, 5.41) is 14.9. The maximum absolute atomic E-state index is 4.50. The highest BCUT2D eigenvalue weighted by Crippen LogP contribution is 2.19. The maximum atomic E-state index is 4.50. The van der Waals surface area contributed by atoms with Crippen molar-refractivity contribution in [3.63, 3.8) is 0 Å². The smallest absolute Gasteiger partial charge is 0.244 e. The van der Waals surface area contributed by atoms with Crippen LogP contribution in [0.2, 0.25) is 0 Å². The van der Waals surface area contributed by atoms with Crippen molar-refractivity contribution < 1.29 is 0 Å². The van der Waals surface area contributed by atoms with Gasteiger partial charge in [-0.3, -0.25) is 0 Å². The molecule has 0 atom stereocenters. The van der Waals surface area contributed by atoms with E-state index in [1.807, 2.05) is 0 Å². The van der Waals surface area contributed by atoms with Gasteiger partial charge in [-0.1, -0.05) is 45.4 Å². The minimum absolute atomic E-state index is 0.509. The van der Waals surface area contributed by atoms with Gasteiger partial charge in [0.1, 0.15) is 5.82 Å². The first-order valence-electron chi connectivity index (χ1n) is 8.08. The van der Waals surface area contributed by atoms with Crippen LogP contribution in [0.15, 0.2) is 6.20 Å². The summed E-state index contributed by atoms with van der Waals surface area (Å²) in [6.07, 6.45) is 13.1. The van der Waals surface area contributed by atoms with Gasteiger partial charge in [0.25, 0.3) is 0 Å². The molecule has 2 N–H and O–H groups in total. The number of rotatable bonds is 7. The van der Waals surface area contributed by atoms with E-state index >= 15 is 0 Å².